The number of carboxylic acid groups (broad SMARTS) is 1. The predicted molar refractivity (Wildman–Crippen MR) is 87.0 cm³/mol. The first-order valence-electron chi connectivity index (χ1n) is 7.10. The fourth-order valence-electron chi connectivity index (χ4n) is 2.57. The number of ether oxygens (including phenoxy) is 3. The van der Waals surface area contributed by atoms with Crippen LogP contribution in [0.5, 0.6) is 17.2 Å². The normalized spacial score (nSPS) is 9.92. The standard InChI is InChI=1S/C18H17NO5/c1-22-15-7-5-4-6-11(15)8-12-14(10-19)13(18(20)21)9-16(23-2)17(12)24-3/h4-7,9H,8H2,1-3H3,(H,20,21). The number of nitriles is 1. The molecule has 6 heteroatoms. The Labute approximate surface area is 139 Å². The molecule has 0 heterocycles. The minimum Gasteiger partial charge on any atom is -0.496 e. The van der Waals surface area contributed by atoms with Gasteiger partial charge in [-0.1, -0.05) is 18.2 Å². The topological polar surface area (TPSA) is 88.8 Å². The molecule has 0 spiro atoms. The molecule has 0 saturated heterocycles. The lowest BCUT2D eigenvalue weighted by Crippen LogP contribution is -2.08. The Morgan fingerprint density at radius 1 is 1.12 bits per heavy atom. The van der Waals surface area contributed by atoms with Crippen LogP contribution in [0.3, 0.4) is 0 Å². The van der Waals surface area contributed by atoms with Crippen molar-refractivity contribution in [3.8, 4) is 23.3 Å². The monoisotopic (exact) mass is 327 g/mol. The zero-order valence-corrected chi connectivity index (χ0v) is 13.6. The quantitative estimate of drug-likeness (QED) is 0.877. The highest BCUT2D eigenvalue weighted by atomic mass is 16.5. The van der Waals surface area contributed by atoms with E-state index in [4.69, 9.17) is 14.2 Å². The first-order valence-corrected chi connectivity index (χ1v) is 7.10. The van der Waals surface area contributed by atoms with Gasteiger partial charge >= 0.3 is 5.97 Å². The van der Waals surface area contributed by atoms with Gasteiger partial charge in [-0.2, -0.15) is 5.26 Å². The van der Waals surface area contributed by atoms with Crippen molar-refractivity contribution in [1.82, 2.24) is 0 Å². The van der Waals surface area contributed by atoms with Gasteiger partial charge in [0.2, 0.25) is 0 Å². The highest BCUT2D eigenvalue weighted by Gasteiger charge is 2.24. The number of nitrogens with zero attached hydrogens (tertiary/aromatic N) is 1. The Bertz CT molecular complexity index is 808. The maximum absolute atomic E-state index is 11.5. The largest absolute Gasteiger partial charge is 0.496 e. The summed E-state index contributed by atoms with van der Waals surface area (Å²) in [6.07, 6.45) is 0.271. The second kappa shape index (κ2) is 7.38. The van der Waals surface area contributed by atoms with E-state index in [1.165, 1.54) is 20.3 Å². The Balaban J connectivity index is 2.72. The van der Waals surface area contributed by atoms with Gasteiger partial charge in [0.05, 0.1) is 32.5 Å². The van der Waals surface area contributed by atoms with Crippen LogP contribution in [-0.2, 0) is 6.42 Å². The number of aromatic carboxylic acids is 1. The lowest BCUT2D eigenvalue weighted by Gasteiger charge is -2.17. The van der Waals surface area contributed by atoms with Gasteiger partial charge in [-0.3, -0.25) is 0 Å². The number of carboxylic acids is 1. The number of benzene rings is 2. The van der Waals surface area contributed by atoms with Crippen LogP contribution < -0.4 is 14.2 Å². The zero-order chi connectivity index (χ0) is 17.7. The minimum atomic E-state index is -1.20. The number of hydrogen-bond acceptors (Lipinski definition) is 5. The molecule has 0 radical (unpaired) electrons. The number of hydrogen-bond donors (Lipinski definition) is 1. The SMILES string of the molecule is COc1ccccc1Cc1c(C#N)c(C(=O)O)cc(OC)c1OC. The number of para-hydroxylation sites is 1. The van der Waals surface area contributed by atoms with Crippen molar-refractivity contribution in [2.75, 3.05) is 21.3 Å². The van der Waals surface area contributed by atoms with Gasteiger partial charge in [0.25, 0.3) is 0 Å². The molecule has 0 aliphatic rings. The van der Waals surface area contributed by atoms with Crippen LogP contribution in [-0.4, -0.2) is 32.4 Å². The van der Waals surface area contributed by atoms with Crippen LogP contribution in [0.2, 0.25) is 0 Å². The second-order valence-corrected chi connectivity index (χ2v) is 4.92. The van der Waals surface area contributed by atoms with Crippen molar-refractivity contribution in [1.29, 1.82) is 5.26 Å². The molecule has 0 saturated carbocycles. The van der Waals surface area contributed by atoms with Crippen LogP contribution in [0.4, 0.5) is 0 Å². The summed E-state index contributed by atoms with van der Waals surface area (Å²) in [4.78, 5) is 11.5. The summed E-state index contributed by atoms with van der Waals surface area (Å²) in [6.45, 7) is 0. The molecular formula is C18H17NO5. The second-order valence-electron chi connectivity index (χ2n) is 4.92. The molecule has 0 aromatic heterocycles. The first-order chi connectivity index (χ1) is 11.6. The molecular weight excluding hydrogens is 310 g/mol. The average Bonchev–Trinajstić information content (AvgIpc) is 2.60. The van der Waals surface area contributed by atoms with Gasteiger partial charge in [-0.15, -0.1) is 0 Å². The molecule has 0 aliphatic heterocycles. The highest BCUT2D eigenvalue weighted by Crippen LogP contribution is 2.38. The van der Waals surface area contributed by atoms with E-state index in [1.807, 2.05) is 24.3 Å². The maximum Gasteiger partial charge on any atom is 0.337 e. The van der Waals surface area contributed by atoms with E-state index >= 15 is 0 Å². The molecule has 0 amide bonds. The fourth-order valence-corrected chi connectivity index (χ4v) is 2.57. The van der Waals surface area contributed by atoms with Crippen LogP contribution in [0.25, 0.3) is 0 Å². The summed E-state index contributed by atoms with van der Waals surface area (Å²) in [5.41, 5.74) is 1.17. The molecule has 24 heavy (non-hydrogen) atoms. The van der Waals surface area contributed by atoms with E-state index in [0.29, 0.717) is 17.1 Å². The smallest absolute Gasteiger partial charge is 0.337 e. The van der Waals surface area contributed by atoms with Crippen LogP contribution in [0, 0.1) is 11.3 Å². The zero-order valence-electron chi connectivity index (χ0n) is 13.6. The number of rotatable bonds is 6. The Morgan fingerprint density at radius 3 is 2.33 bits per heavy atom. The van der Waals surface area contributed by atoms with Crippen molar-refractivity contribution in [3.05, 3.63) is 52.6 Å². The predicted octanol–water partition coefficient (Wildman–Crippen LogP) is 2.87. The Morgan fingerprint density at radius 2 is 1.79 bits per heavy atom. The van der Waals surface area contributed by atoms with Gasteiger partial charge in [0.15, 0.2) is 11.5 Å². The summed E-state index contributed by atoms with van der Waals surface area (Å²) in [6, 6.07) is 10.6. The van der Waals surface area contributed by atoms with Crippen LogP contribution >= 0.6 is 0 Å². The third-order valence-electron chi connectivity index (χ3n) is 3.67. The summed E-state index contributed by atoms with van der Waals surface area (Å²) in [5.74, 6) is 0.0423. The van der Waals surface area contributed by atoms with Crippen LogP contribution in [0.1, 0.15) is 27.0 Å². The van der Waals surface area contributed by atoms with Gasteiger partial charge in [0.1, 0.15) is 11.8 Å². The van der Waals surface area contributed by atoms with Crippen molar-refractivity contribution in [2.45, 2.75) is 6.42 Å². The van der Waals surface area contributed by atoms with Crippen molar-refractivity contribution in [3.63, 3.8) is 0 Å². The average molecular weight is 327 g/mol. The third kappa shape index (κ3) is 3.10. The van der Waals surface area contributed by atoms with Crippen LogP contribution in [0.15, 0.2) is 30.3 Å². The molecule has 6 nitrogen and oxygen atoms in total. The van der Waals surface area contributed by atoms with Gasteiger partial charge in [-0.05, 0) is 17.7 Å². The van der Waals surface area contributed by atoms with E-state index < -0.39 is 5.97 Å². The third-order valence-corrected chi connectivity index (χ3v) is 3.67. The summed E-state index contributed by atoms with van der Waals surface area (Å²) < 4.78 is 15.9. The minimum absolute atomic E-state index is 0.0473. The van der Waals surface area contributed by atoms with E-state index in [2.05, 4.69) is 0 Å². The molecule has 124 valence electrons. The number of methoxy groups -OCH3 is 3. The van der Waals surface area contributed by atoms with E-state index in [9.17, 15) is 15.2 Å². The summed E-state index contributed by atoms with van der Waals surface area (Å²) >= 11 is 0. The van der Waals surface area contributed by atoms with E-state index in [1.54, 1.807) is 13.2 Å². The summed E-state index contributed by atoms with van der Waals surface area (Å²) in [5, 5.41) is 18.9. The van der Waals surface area contributed by atoms with Crippen molar-refractivity contribution < 1.29 is 24.1 Å². The van der Waals surface area contributed by atoms with Crippen molar-refractivity contribution in [2.24, 2.45) is 0 Å². The van der Waals surface area contributed by atoms with E-state index in [0.717, 1.165) is 5.56 Å². The summed E-state index contributed by atoms with van der Waals surface area (Å²) in [7, 11) is 4.42. The molecule has 0 bridgehead atoms. The first kappa shape index (κ1) is 17.2. The fraction of sp³-hybridized carbons (Fsp3) is 0.222. The van der Waals surface area contributed by atoms with Gasteiger partial charge in [-0.25, -0.2) is 4.79 Å². The molecule has 0 unspecified atom stereocenters. The molecule has 2 aromatic rings. The highest BCUT2D eigenvalue weighted by molar-refractivity contribution is 5.92. The lowest BCUT2D eigenvalue weighted by molar-refractivity contribution is 0.0696. The Hall–Kier alpha value is -3.20. The molecule has 2 rings (SSSR count). The molecule has 2 aromatic carbocycles. The molecule has 1 N–H and O–H groups in total. The van der Waals surface area contributed by atoms with E-state index in [-0.39, 0.29) is 23.3 Å². The van der Waals surface area contributed by atoms with Gasteiger partial charge in [0, 0.05) is 12.0 Å². The molecule has 0 aliphatic carbocycles. The number of carbonyl (C=O) groups is 1. The lowest BCUT2D eigenvalue weighted by atomic mass is 9.94. The maximum atomic E-state index is 11.5. The Kier molecular flexibility index (Phi) is 5.27. The van der Waals surface area contributed by atoms with Gasteiger partial charge < -0.3 is 19.3 Å². The van der Waals surface area contributed by atoms with Crippen molar-refractivity contribution >= 4 is 5.97 Å². The molecule has 0 fully saturated rings. The molecule has 0 atom stereocenters.